The predicted molar refractivity (Wildman–Crippen MR) is 64.2 cm³/mol. The molecular weight excluding hydrogens is 188 g/mol. The van der Waals surface area contributed by atoms with Crippen LogP contribution in [0.2, 0.25) is 0 Å². The van der Waals surface area contributed by atoms with Crippen molar-refractivity contribution < 1.29 is 4.74 Å². The van der Waals surface area contributed by atoms with Crippen LogP contribution in [0.4, 0.5) is 0 Å². The molecule has 0 aliphatic carbocycles. The molecule has 1 rings (SSSR count). The van der Waals surface area contributed by atoms with E-state index in [2.05, 4.69) is 17.1 Å². The number of unbranched alkanes of at least 4 members (excludes halogenated alkanes) is 1. The first kappa shape index (κ1) is 12.9. The van der Waals surface area contributed by atoms with Crippen molar-refractivity contribution in [2.24, 2.45) is 0 Å². The summed E-state index contributed by atoms with van der Waals surface area (Å²) in [6.07, 6.45) is 5.15. The van der Waals surface area contributed by atoms with Crippen molar-refractivity contribution in [2.75, 3.05) is 39.9 Å². The largest absolute Gasteiger partial charge is 0.385 e. The number of hydrogen-bond acceptors (Lipinski definition) is 3. The fourth-order valence-corrected chi connectivity index (χ4v) is 2.31. The molecule has 1 N–H and O–H groups in total. The summed E-state index contributed by atoms with van der Waals surface area (Å²) < 4.78 is 5.07. The second-order valence-corrected chi connectivity index (χ2v) is 4.33. The molecule has 0 aromatic rings. The van der Waals surface area contributed by atoms with Gasteiger partial charge in [-0.25, -0.2) is 0 Å². The number of piperidine rings is 1. The highest BCUT2D eigenvalue weighted by Gasteiger charge is 2.18. The Morgan fingerprint density at radius 2 is 2.27 bits per heavy atom. The molecule has 90 valence electrons. The normalized spacial score (nSPS) is 22.2. The van der Waals surface area contributed by atoms with Gasteiger partial charge in [0.2, 0.25) is 0 Å². The molecule has 0 saturated carbocycles. The number of methoxy groups -OCH3 is 1. The lowest BCUT2D eigenvalue weighted by Gasteiger charge is -2.33. The van der Waals surface area contributed by atoms with Gasteiger partial charge in [0, 0.05) is 26.3 Å². The zero-order valence-corrected chi connectivity index (χ0v) is 10.3. The maximum absolute atomic E-state index is 5.07. The minimum Gasteiger partial charge on any atom is -0.385 e. The van der Waals surface area contributed by atoms with Gasteiger partial charge in [-0.1, -0.05) is 6.92 Å². The number of likely N-dealkylation sites (N-methyl/N-ethyl adjacent to an activating group) is 1. The Balaban J connectivity index is 2.15. The molecule has 1 saturated heterocycles. The van der Waals surface area contributed by atoms with E-state index in [-0.39, 0.29) is 0 Å². The van der Waals surface area contributed by atoms with E-state index in [1.807, 2.05) is 0 Å². The van der Waals surface area contributed by atoms with Crippen LogP contribution < -0.4 is 5.32 Å². The molecule has 1 unspecified atom stereocenters. The smallest absolute Gasteiger partial charge is 0.0462 e. The standard InChI is InChI=1S/C12H26N2O/c1-3-14(9-4-5-10-15-2)12-7-6-8-13-11-12/h12-13H,3-11H2,1-2H3. The molecule has 1 aliphatic heterocycles. The Labute approximate surface area is 94.2 Å². The minimum absolute atomic E-state index is 0.770. The lowest BCUT2D eigenvalue weighted by Crippen LogP contribution is -2.46. The Morgan fingerprint density at radius 3 is 2.87 bits per heavy atom. The summed E-state index contributed by atoms with van der Waals surface area (Å²) in [5.74, 6) is 0. The molecule has 0 spiro atoms. The third-order valence-corrected chi connectivity index (χ3v) is 3.24. The van der Waals surface area contributed by atoms with Crippen LogP contribution in [0.25, 0.3) is 0 Å². The fraction of sp³-hybridized carbons (Fsp3) is 1.00. The summed E-state index contributed by atoms with van der Waals surface area (Å²) in [6.45, 7) is 7.97. The van der Waals surface area contributed by atoms with Crippen molar-refractivity contribution in [3.8, 4) is 0 Å². The topological polar surface area (TPSA) is 24.5 Å². The summed E-state index contributed by atoms with van der Waals surface area (Å²) in [7, 11) is 1.78. The van der Waals surface area contributed by atoms with Crippen LogP contribution in [0.15, 0.2) is 0 Å². The molecule has 3 heteroatoms. The molecule has 0 amide bonds. The maximum atomic E-state index is 5.07. The highest BCUT2D eigenvalue weighted by atomic mass is 16.5. The van der Waals surface area contributed by atoms with Gasteiger partial charge in [-0.15, -0.1) is 0 Å². The average Bonchev–Trinajstić information content (AvgIpc) is 2.30. The summed E-state index contributed by atoms with van der Waals surface area (Å²) in [4.78, 5) is 2.61. The van der Waals surface area contributed by atoms with Crippen LogP contribution in [0.5, 0.6) is 0 Å². The first-order valence-electron chi connectivity index (χ1n) is 6.32. The molecule has 3 nitrogen and oxygen atoms in total. The SMILES string of the molecule is CCN(CCCCOC)C1CCCNC1. The quantitative estimate of drug-likeness (QED) is 0.650. The Kier molecular flexibility index (Phi) is 6.98. The number of hydrogen-bond donors (Lipinski definition) is 1. The number of nitrogens with one attached hydrogen (secondary N) is 1. The van der Waals surface area contributed by atoms with Gasteiger partial charge in [0.25, 0.3) is 0 Å². The van der Waals surface area contributed by atoms with E-state index in [0.717, 1.165) is 12.6 Å². The zero-order chi connectivity index (χ0) is 10.9. The third kappa shape index (κ3) is 4.96. The van der Waals surface area contributed by atoms with Gasteiger partial charge in [-0.3, -0.25) is 4.90 Å². The second kappa shape index (κ2) is 8.08. The summed E-state index contributed by atoms with van der Waals surface area (Å²) in [5, 5.41) is 3.48. The van der Waals surface area contributed by atoms with Crippen LogP contribution in [0.1, 0.15) is 32.6 Å². The van der Waals surface area contributed by atoms with Crippen molar-refractivity contribution in [3.63, 3.8) is 0 Å². The number of ether oxygens (including phenoxy) is 1. The van der Waals surface area contributed by atoms with Gasteiger partial charge < -0.3 is 10.1 Å². The van der Waals surface area contributed by atoms with Gasteiger partial charge >= 0.3 is 0 Å². The highest BCUT2D eigenvalue weighted by Crippen LogP contribution is 2.10. The van der Waals surface area contributed by atoms with Crippen LogP contribution in [0, 0.1) is 0 Å². The van der Waals surface area contributed by atoms with Gasteiger partial charge in [0.1, 0.15) is 0 Å². The first-order valence-corrected chi connectivity index (χ1v) is 6.32. The van der Waals surface area contributed by atoms with E-state index in [4.69, 9.17) is 4.74 Å². The van der Waals surface area contributed by atoms with Crippen molar-refractivity contribution in [1.82, 2.24) is 10.2 Å². The van der Waals surface area contributed by atoms with E-state index < -0.39 is 0 Å². The van der Waals surface area contributed by atoms with E-state index in [0.29, 0.717) is 0 Å². The van der Waals surface area contributed by atoms with E-state index in [1.165, 1.54) is 51.9 Å². The Morgan fingerprint density at radius 1 is 1.40 bits per heavy atom. The first-order chi connectivity index (χ1) is 7.38. The zero-order valence-electron chi connectivity index (χ0n) is 10.3. The molecule has 1 fully saturated rings. The van der Waals surface area contributed by atoms with Crippen LogP contribution in [0.3, 0.4) is 0 Å². The number of nitrogens with zero attached hydrogens (tertiary/aromatic N) is 1. The molecule has 0 aromatic heterocycles. The van der Waals surface area contributed by atoms with Gasteiger partial charge in [-0.2, -0.15) is 0 Å². The molecule has 1 heterocycles. The molecule has 1 atom stereocenters. The predicted octanol–water partition coefficient (Wildman–Crippen LogP) is 1.49. The van der Waals surface area contributed by atoms with E-state index in [1.54, 1.807) is 7.11 Å². The van der Waals surface area contributed by atoms with Crippen LogP contribution >= 0.6 is 0 Å². The lowest BCUT2D eigenvalue weighted by atomic mass is 10.1. The Bertz CT molecular complexity index is 147. The molecule has 0 aromatic carbocycles. The third-order valence-electron chi connectivity index (χ3n) is 3.24. The van der Waals surface area contributed by atoms with E-state index in [9.17, 15) is 0 Å². The summed E-state index contributed by atoms with van der Waals surface area (Å²) in [6, 6.07) is 0.770. The highest BCUT2D eigenvalue weighted by molar-refractivity contribution is 4.77. The van der Waals surface area contributed by atoms with Gasteiger partial charge in [0.15, 0.2) is 0 Å². The van der Waals surface area contributed by atoms with Crippen LogP contribution in [-0.2, 0) is 4.74 Å². The van der Waals surface area contributed by atoms with Gasteiger partial charge in [0.05, 0.1) is 0 Å². The van der Waals surface area contributed by atoms with E-state index >= 15 is 0 Å². The summed E-state index contributed by atoms with van der Waals surface area (Å²) in [5.41, 5.74) is 0. The van der Waals surface area contributed by atoms with Crippen molar-refractivity contribution in [3.05, 3.63) is 0 Å². The molecule has 0 bridgehead atoms. The second-order valence-electron chi connectivity index (χ2n) is 4.33. The average molecular weight is 214 g/mol. The molecule has 1 aliphatic rings. The molecular formula is C12H26N2O. The molecule has 0 radical (unpaired) electrons. The van der Waals surface area contributed by atoms with Gasteiger partial charge in [-0.05, 0) is 45.3 Å². The minimum atomic E-state index is 0.770. The maximum Gasteiger partial charge on any atom is 0.0462 e. The monoisotopic (exact) mass is 214 g/mol. The van der Waals surface area contributed by atoms with Crippen LogP contribution in [-0.4, -0.2) is 50.8 Å². The van der Waals surface area contributed by atoms with Crippen molar-refractivity contribution in [2.45, 2.75) is 38.6 Å². The van der Waals surface area contributed by atoms with Crippen molar-refractivity contribution >= 4 is 0 Å². The van der Waals surface area contributed by atoms with Crippen molar-refractivity contribution in [1.29, 1.82) is 0 Å². The molecule has 15 heavy (non-hydrogen) atoms. The Hall–Kier alpha value is -0.120. The lowest BCUT2D eigenvalue weighted by molar-refractivity contribution is 0.155. The number of rotatable bonds is 7. The fourth-order valence-electron chi connectivity index (χ4n) is 2.31. The summed E-state index contributed by atoms with van der Waals surface area (Å²) >= 11 is 0.